The van der Waals surface area contributed by atoms with Gasteiger partial charge < -0.3 is 9.55 Å². The van der Waals surface area contributed by atoms with Crippen molar-refractivity contribution in [2.24, 2.45) is 5.92 Å². The lowest BCUT2D eigenvalue weighted by Crippen LogP contribution is -1.98. The minimum Gasteiger partial charge on any atom is -0.352 e. The van der Waals surface area contributed by atoms with Gasteiger partial charge in [0.15, 0.2) is 0 Å². The lowest BCUT2D eigenvalue weighted by molar-refractivity contribution is 0.718. The average molecular weight is 505 g/mol. The Kier molecular flexibility index (Phi) is 5.63. The summed E-state index contributed by atoms with van der Waals surface area (Å²) in [5, 5.41) is 7.66. The molecule has 1 atom stereocenters. The Morgan fingerprint density at radius 3 is 2.15 bits per heavy atom. The molecule has 2 heteroatoms. The summed E-state index contributed by atoms with van der Waals surface area (Å²) in [4.78, 5) is 3.94. The Bertz CT molecular complexity index is 2070. The van der Waals surface area contributed by atoms with Crippen molar-refractivity contribution in [2.45, 2.75) is 27.2 Å². The van der Waals surface area contributed by atoms with Crippen LogP contribution in [0.3, 0.4) is 0 Å². The van der Waals surface area contributed by atoms with Crippen LogP contribution in [-0.4, -0.2) is 9.55 Å². The standard InChI is InChI=1S/C37H32N2/c1-4-6-16-27(24(3)5-2)25-21-22-33-32(23-25)36-37(39(33)26-14-8-7-9-15-26)34-30-19-12-10-17-28(30)29-18-11-13-20-31(29)35(34)38-36/h4,6-24,38H,5H2,1-3H3/b6-4-,27-16+. The van der Waals surface area contributed by atoms with Crippen LogP contribution in [0.5, 0.6) is 0 Å². The second-order valence-electron chi connectivity index (χ2n) is 10.5. The Morgan fingerprint density at radius 2 is 1.44 bits per heavy atom. The molecule has 7 rings (SSSR count). The van der Waals surface area contributed by atoms with E-state index in [0.29, 0.717) is 5.92 Å². The van der Waals surface area contributed by atoms with Gasteiger partial charge in [-0.05, 0) is 70.8 Å². The Labute approximate surface area is 228 Å². The minimum atomic E-state index is 0.473. The molecular formula is C37H32N2. The van der Waals surface area contributed by atoms with Crippen LogP contribution in [-0.2, 0) is 0 Å². The van der Waals surface area contributed by atoms with Gasteiger partial charge in [-0.15, -0.1) is 0 Å². The molecule has 0 aliphatic rings. The topological polar surface area (TPSA) is 20.7 Å². The molecular weight excluding hydrogens is 472 g/mol. The van der Waals surface area contributed by atoms with Gasteiger partial charge in [-0.25, -0.2) is 0 Å². The highest BCUT2D eigenvalue weighted by Crippen LogP contribution is 2.44. The summed E-state index contributed by atoms with van der Waals surface area (Å²) in [6, 6.07) is 35.4. The van der Waals surface area contributed by atoms with Gasteiger partial charge in [0.2, 0.25) is 0 Å². The van der Waals surface area contributed by atoms with Crippen molar-refractivity contribution in [3.8, 4) is 5.69 Å². The molecule has 39 heavy (non-hydrogen) atoms. The van der Waals surface area contributed by atoms with Gasteiger partial charge in [0.1, 0.15) is 0 Å². The molecule has 2 aromatic heterocycles. The van der Waals surface area contributed by atoms with Crippen molar-refractivity contribution < 1.29 is 0 Å². The summed E-state index contributed by atoms with van der Waals surface area (Å²) in [5.41, 5.74) is 8.71. The molecule has 0 saturated heterocycles. The molecule has 7 aromatic rings. The molecule has 0 bridgehead atoms. The van der Waals surface area contributed by atoms with E-state index >= 15 is 0 Å². The number of rotatable bonds is 5. The fourth-order valence-corrected chi connectivity index (χ4v) is 6.29. The summed E-state index contributed by atoms with van der Waals surface area (Å²) in [6.45, 7) is 6.67. The van der Waals surface area contributed by atoms with Gasteiger partial charge in [0.05, 0.1) is 22.1 Å². The zero-order valence-electron chi connectivity index (χ0n) is 22.7. The predicted octanol–water partition coefficient (Wildman–Crippen LogP) is 10.6. The Morgan fingerprint density at radius 1 is 0.769 bits per heavy atom. The highest BCUT2D eigenvalue weighted by Gasteiger charge is 2.22. The molecule has 0 amide bonds. The lowest BCUT2D eigenvalue weighted by Gasteiger charge is -2.15. The van der Waals surface area contributed by atoms with Crippen molar-refractivity contribution in [1.82, 2.24) is 9.55 Å². The molecule has 190 valence electrons. The van der Waals surface area contributed by atoms with Crippen LogP contribution in [0.4, 0.5) is 0 Å². The van der Waals surface area contributed by atoms with Crippen molar-refractivity contribution in [3.05, 3.63) is 121 Å². The molecule has 2 heterocycles. The van der Waals surface area contributed by atoms with Crippen LogP contribution >= 0.6 is 0 Å². The number of allylic oxidation sites excluding steroid dienone is 4. The van der Waals surface area contributed by atoms with E-state index in [0.717, 1.165) is 6.42 Å². The first-order chi connectivity index (χ1) is 19.2. The van der Waals surface area contributed by atoms with Gasteiger partial charge in [-0.1, -0.05) is 105 Å². The summed E-state index contributed by atoms with van der Waals surface area (Å²) < 4.78 is 2.45. The minimum absolute atomic E-state index is 0.473. The first kappa shape index (κ1) is 23.5. The van der Waals surface area contributed by atoms with Crippen LogP contribution < -0.4 is 0 Å². The number of hydrogen-bond donors (Lipinski definition) is 1. The number of nitrogens with zero attached hydrogens (tertiary/aromatic N) is 1. The molecule has 5 aromatic carbocycles. The molecule has 2 nitrogen and oxygen atoms in total. The van der Waals surface area contributed by atoms with E-state index in [1.807, 2.05) is 0 Å². The van der Waals surface area contributed by atoms with E-state index in [1.165, 1.54) is 71.2 Å². The maximum Gasteiger partial charge on any atom is 0.0804 e. The molecule has 0 aliphatic carbocycles. The van der Waals surface area contributed by atoms with Crippen molar-refractivity contribution in [1.29, 1.82) is 0 Å². The van der Waals surface area contributed by atoms with Gasteiger partial charge in [0, 0.05) is 21.8 Å². The molecule has 0 spiro atoms. The third kappa shape index (κ3) is 3.55. The van der Waals surface area contributed by atoms with Gasteiger partial charge in [-0.2, -0.15) is 0 Å². The largest absolute Gasteiger partial charge is 0.352 e. The number of H-pyrrole nitrogens is 1. The van der Waals surface area contributed by atoms with Gasteiger partial charge in [0.25, 0.3) is 0 Å². The predicted molar refractivity (Wildman–Crippen MR) is 170 cm³/mol. The molecule has 0 fully saturated rings. The summed E-state index contributed by atoms with van der Waals surface area (Å²) in [5.74, 6) is 0.473. The molecule has 0 saturated carbocycles. The van der Waals surface area contributed by atoms with E-state index in [1.54, 1.807) is 0 Å². The molecule has 0 radical (unpaired) electrons. The zero-order valence-corrected chi connectivity index (χ0v) is 22.7. The molecule has 1 N–H and O–H groups in total. The van der Waals surface area contributed by atoms with Crippen LogP contribution in [0.1, 0.15) is 32.8 Å². The van der Waals surface area contributed by atoms with E-state index < -0.39 is 0 Å². The van der Waals surface area contributed by atoms with Crippen LogP contribution in [0, 0.1) is 5.92 Å². The normalized spacial score (nSPS) is 13.6. The number of benzene rings is 5. The van der Waals surface area contributed by atoms with Gasteiger partial charge >= 0.3 is 0 Å². The highest BCUT2D eigenvalue weighted by molar-refractivity contribution is 6.33. The second-order valence-corrected chi connectivity index (χ2v) is 10.5. The fraction of sp³-hybridized carbons (Fsp3) is 0.135. The Balaban J connectivity index is 1.68. The first-order valence-electron chi connectivity index (χ1n) is 14.0. The molecule has 1 unspecified atom stereocenters. The van der Waals surface area contributed by atoms with Crippen molar-refractivity contribution in [3.63, 3.8) is 0 Å². The number of aromatic nitrogens is 2. The maximum absolute atomic E-state index is 3.94. The number of nitrogens with one attached hydrogen (secondary N) is 1. The summed E-state index contributed by atoms with van der Waals surface area (Å²) in [6.07, 6.45) is 7.66. The van der Waals surface area contributed by atoms with E-state index in [4.69, 9.17) is 0 Å². The monoisotopic (exact) mass is 504 g/mol. The van der Waals surface area contributed by atoms with Gasteiger partial charge in [-0.3, -0.25) is 0 Å². The SMILES string of the molecule is C/C=C\C=C(\c1ccc2c(c1)c1[nH]c3c4ccccc4c4ccccc4c3c1n2-c1ccccc1)C(C)CC. The number of fused-ring (bicyclic) bond motifs is 10. The maximum atomic E-state index is 3.94. The fourth-order valence-electron chi connectivity index (χ4n) is 6.29. The number of hydrogen-bond acceptors (Lipinski definition) is 0. The average Bonchev–Trinajstić information content (AvgIpc) is 3.53. The highest BCUT2D eigenvalue weighted by atomic mass is 15.0. The second kappa shape index (κ2) is 9.32. The van der Waals surface area contributed by atoms with E-state index in [2.05, 4.69) is 146 Å². The summed E-state index contributed by atoms with van der Waals surface area (Å²) >= 11 is 0. The van der Waals surface area contributed by atoms with Crippen molar-refractivity contribution in [2.75, 3.05) is 0 Å². The zero-order chi connectivity index (χ0) is 26.5. The lowest BCUT2D eigenvalue weighted by atomic mass is 9.91. The Hall–Kier alpha value is -4.56. The van der Waals surface area contributed by atoms with E-state index in [9.17, 15) is 0 Å². The van der Waals surface area contributed by atoms with Crippen LogP contribution in [0.2, 0.25) is 0 Å². The van der Waals surface area contributed by atoms with Crippen LogP contribution in [0.25, 0.3) is 65.6 Å². The number of para-hydroxylation sites is 1. The smallest absolute Gasteiger partial charge is 0.0804 e. The van der Waals surface area contributed by atoms with Crippen LogP contribution in [0.15, 0.2) is 115 Å². The summed E-state index contributed by atoms with van der Waals surface area (Å²) in [7, 11) is 0. The first-order valence-corrected chi connectivity index (χ1v) is 14.0. The quantitative estimate of drug-likeness (QED) is 0.178. The third-order valence-corrected chi connectivity index (χ3v) is 8.35. The molecule has 0 aliphatic heterocycles. The van der Waals surface area contributed by atoms with Crippen molar-refractivity contribution >= 4 is 60.0 Å². The third-order valence-electron chi connectivity index (χ3n) is 8.35. The van der Waals surface area contributed by atoms with E-state index in [-0.39, 0.29) is 0 Å². The number of aromatic amines is 1.